The molecule has 82 valence electrons. The summed E-state index contributed by atoms with van der Waals surface area (Å²) >= 11 is 0. The van der Waals surface area contributed by atoms with Crippen LogP contribution in [0.4, 0.5) is 0 Å². The van der Waals surface area contributed by atoms with E-state index >= 15 is 0 Å². The van der Waals surface area contributed by atoms with Crippen molar-refractivity contribution in [2.75, 3.05) is 19.8 Å². The summed E-state index contributed by atoms with van der Waals surface area (Å²) in [7, 11) is 0. The van der Waals surface area contributed by atoms with Gasteiger partial charge >= 0.3 is 0 Å². The molecule has 1 heterocycles. The van der Waals surface area contributed by atoms with Crippen molar-refractivity contribution < 1.29 is 4.74 Å². The average molecular weight is 197 g/mol. The van der Waals surface area contributed by atoms with Gasteiger partial charge in [0.2, 0.25) is 0 Å². The molecule has 1 aliphatic heterocycles. The van der Waals surface area contributed by atoms with E-state index in [4.69, 9.17) is 4.74 Å². The normalized spacial score (nSPS) is 30.6. The van der Waals surface area contributed by atoms with Crippen LogP contribution in [0.2, 0.25) is 0 Å². The molecule has 1 N–H and O–H groups in total. The zero-order valence-corrected chi connectivity index (χ0v) is 9.73. The van der Waals surface area contributed by atoms with Crippen molar-refractivity contribution in [3.63, 3.8) is 0 Å². The molecule has 1 spiro atoms. The first-order chi connectivity index (χ1) is 6.52. The van der Waals surface area contributed by atoms with E-state index in [9.17, 15) is 0 Å². The van der Waals surface area contributed by atoms with Crippen LogP contribution < -0.4 is 5.32 Å². The number of nitrogens with one attached hydrogen (secondary N) is 1. The molecule has 1 unspecified atom stereocenters. The predicted octanol–water partition coefficient (Wildman–Crippen LogP) is 2.19. The molecule has 1 saturated heterocycles. The van der Waals surface area contributed by atoms with Gasteiger partial charge in [-0.2, -0.15) is 0 Å². The minimum atomic E-state index is 0.273. The maximum Gasteiger partial charge on any atom is 0.0471 e. The minimum absolute atomic E-state index is 0.273. The molecule has 0 radical (unpaired) electrons. The standard InChI is InChI=1S/C12H23NO/c1-11(2,3)13-9-10-8-12(10)4-6-14-7-5-12/h10,13H,4-9H2,1-3H3. The molecule has 14 heavy (non-hydrogen) atoms. The van der Waals surface area contributed by atoms with Gasteiger partial charge in [-0.1, -0.05) is 0 Å². The Hall–Kier alpha value is -0.0800. The average Bonchev–Trinajstić information content (AvgIpc) is 2.76. The summed E-state index contributed by atoms with van der Waals surface area (Å²) in [5.74, 6) is 0.922. The highest BCUT2D eigenvalue weighted by Gasteiger charge is 2.53. The third-order valence-electron chi connectivity index (χ3n) is 3.73. The van der Waals surface area contributed by atoms with Crippen LogP contribution in [0, 0.1) is 11.3 Å². The maximum atomic E-state index is 5.42. The van der Waals surface area contributed by atoms with Crippen LogP contribution in [0.3, 0.4) is 0 Å². The third-order valence-corrected chi connectivity index (χ3v) is 3.73. The molecule has 0 aromatic heterocycles. The summed E-state index contributed by atoms with van der Waals surface area (Å²) in [5, 5.41) is 3.61. The SMILES string of the molecule is CC(C)(C)NCC1CC12CCOCC2. The Labute approximate surface area is 87.4 Å². The van der Waals surface area contributed by atoms with E-state index < -0.39 is 0 Å². The second kappa shape index (κ2) is 3.49. The molecule has 0 aromatic carbocycles. The summed E-state index contributed by atoms with van der Waals surface area (Å²) in [6, 6.07) is 0. The summed E-state index contributed by atoms with van der Waals surface area (Å²) in [6.07, 6.45) is 4.02. The van der Waals surface area contributed by atoms with Crippen LogP contribution in [-0.2, 0) is 4.74 Å². The Bertz CT molecular complexity index is 201. The first-order valence-corrected chi connectivity index (χ1v) is 5.85. The molecule has 2 aliphatic rings. The van der Waals surface area contributed by atoms with E-state index in [0.29, 0.717) is 5.41 Å². The van der Waals surface area contributed by atoms with E-state index in [1.54, 1.807) is 0 Å². The van der Waals surface area contributed by atoms with Crippen molar-refractivity contribution in [1.82, 2.24) is 5.32 Å². The first-order valence-electron chi connectivity index (χ1n) is 5.85. The van der Waals surface area contributed by atoms with E-state index in [2.05, 4.69) is 26.1 Å². The Balaban J connectivity index is 1.75. The molecule has 2 rings (SSSR count). The highest BCUT2D eigenvalue weighted by Crippen LogP contribution is 2.58. The van der Waals surface area contributed by atoms with Gasteiger partial charge in [0.25, 0.3) is 0 Å². The van der Waals surface area contributed by atoms with Crippen molar-refractivity contribution in [2.45, 2.75) is 45.6 Å². The van der Waals surface area contributed by atoms with Crippen molar-refractivity contribution in [3.05, 3.63) is 0 Å². The molecule has 2 fully saturated rings. The molecule has 1 atom stereocenters. The fourth-order valence-electron chi connectivity index (χ4n) is 2.54. The smallest absolute Gasteiger partial charge is 0.0471 e. The molecule has 0 amide bonds. The minimum Gasteiger partial charge on any atom is -0.381 e. The van der Waals surface area contributed by atoms with Gasteiger partial charge in [-0.3, -0.25) is 0 Å². The highest BCUT2D eigenvalue weighted by molar-refractivity contribution is 5.04. The van der Waals surface area contributed by atoms with Crippen molar-refractivity contribution in [2.24, 2.45) is 11.3 Å². The Morgan fingerprint density at radius 1 is 1.29 bits per heavy atom. The second-order valence-corrected chi connectivity index (χ2v) is 6.01. The number of hydrogen-bond donors (Lipinski definition) is 1. The lowest BCUT2D eigenvalue weighted by Crippen LogP contribution is -2.38. The van der Waals surface area contributed by atoms with Crippen LogP contribution in [-0.4, -0.2) is 25.3 Å². The summed E-state index contributed by atoms with van der Waals surface area (Å²) < 4.78 is 5.42. The van der Waals surface area contributed by atoms with Gasteiger partial charge < -0.3 is 10.1 Å². The number of rotatable bonds is 2. The second-order valence-electron chi connectivity index (χ2n) is 6.01. The van der Waals surface area contributed by atoms with Gasteiger partial charge in [-0.05, 0) is 57.9 Å². The van der Waals surface area contributed by atoms with Gasteiger partial charge in [0.05, 0.1) is 0 Å². The van der Waals surface area contributed by atoms with Crippen molar-refractivity contribution >= 4 is 0 Å². The number of ether oxygens (including phenoxy) is 1. The van der Waals surface area contributed by atoms with Crippen LogP contribution in [0.5, 0.6) is 0 Å². The molecule has 0 bridgehead atoms. The zero-order chi connectivity index (χ0) is 10.2. The molecule has 2 nitrogen and oxygen atoms in total. The molecule has 0 aromatic rings. The Morgan fingerprint density at radius 3 is 2.50 bits per heavy atom. The third kappa shape index (κ3) is 2.29. The molecule has 1 saturated carbocycles. The molecular weight excluding hydrogens is 174 g/mol. The van der Waals surface area contributed by atoms with Gasteiger partial charge in [0.15, 0.2) is 0 Å². The van der Waals surface area contributed by atoms with Crippen molar-refractivity contribution in [1.29, 1.82) is 0 Å². The van der Waals surface area contributed by atoms with E-state index in [0.717, 1.165) is 19.1 Å². The fraction of sp³-hybridized carbons (Fsp3) is 1.00. The molecule has 2 heteroatoms. The summed E-state index contributed by atoms with van der Waals surface area (Å²) in [5.41, 5.74) is 0.950. The monoisotopic (exact) mass is 197 g/mol. The Kier molecular flexibility index (Phi) is 2.61. The maximum absolute atomic E-state index is 5.42. The van der Waals surface area contributed by atoms with Crippen LogP contribution in [0.1, 0.15) is 40.0 Å². The van der Waals surface area contributed by atoms with Gasteiger partial charge in [-0.15, -0.1) is 0 Å². The molecule has 1 aliphatic carbocycles. The summed E-state index contributed by atoms with van der Waals surface area (Å²) in [4.78, 5) is 0. The van der Waals surface area contributed by atoms with Crippen LogP contribution >= 0.6 is 0 Å². The van der Waals surface area contributed by atoms with Crippen molar-refractivity contribution in [3.8, 4) is 0 Å². The zero-order valence-electron chi connectivity index (χ0n) is 9.73. The lowest BCUT2D eigenvalue weighted by atomic mass is 9.93. The lowest BCUT2D eigenvalue weighted by Gasteiger charge is -2.25. The highest BCUT2D eigenvalue weighted by atomic mass is 16.5. The van der Waals surface area contributed by atoms with E-state index in [-0.39, 0.29) is 5.54 Å². The quantitative estimate of drug-likeness (QED) is 0.732. The van der Waals surface area contributed by atoms with Gasteiger partial charge in [-0.25, -0.2) is 0 Å². The van der Waals surface area contributed by atoms with Gasteiger partial charge in [0.1, 0.15) is 0 Å². The largest absolute Gasteiger partial charge is 0.381 e. The van der Waals surface area contributed by atoms with Crippen LogP contribution in [0.15, 0.2) is 0 Å². The predicted molar refractivity (Wildman–Crippen MR) is 58.3 cm³/mol. The lowest BCUT2D eigenvalue weighted by molar-refractivity contribution is 0.0517. The molecular formula is C12H23NO. The van der Waals surface area contributed by atoms with Gasteiger partial charge in [0, 0.05) is 18.8 Å². The topological polar surface area (TPSA) is 21.3 Å². The fourth-order valence-corrected chi connectivity index (χ4v) is 2.54. The van der Waals surface area contributed by atoms with E-state index in [1.807, 2.05) is 0 Å². The van der Waals surface area contributed by atoms with Crippen LogP contribution in [0.25, 0.3) is 0 Å². The first kappa shape index (κ1) is 10.4. The summed E-state index contributed by atoms with van der Waals surface area (Å²) in [6.45, 7) is 9.91. The van der Waals surface area contributed by atoms with E-state index in [1.165, 1.54) is 25.8 Å². The number of hydrogen-bond acceptors (Lipinski definition) is 2. The Morgan fingerprint density at radius 2 is 1.93 bits per heavy atom.